The summed E-state index contributed by atoms with van der Waals surface area (Å²) in [5.74, 6) is -2.21. The molecule has 1 amide bonds. The fourth-order valence-electron chi connectivity index (χ4n) is 1.71. The van der Waals surface area contributed by atoms with Gasteiger partial charge in [0.2, 0.25) is 5.91 Å². The number of anilines is 1. The van der Waals surface area contributed by atoms with Gasteiger partial charge in [-0.1, -0.05) is 0 Å². The number of carbonyl (C=O) groups excluding carboxylic acids is 1. The summed E-state index contributed by atoms with van der Waals surface area (Å²) < 4.78 is 37.7. The lowest BCUT2D eigenvalue weighted by molar-refractivity contribution is -0.137. The van der Waals surface area contributed by atoms with E-state index in [1.807, 2.05) is 0 Å². The van der Waals surface area contributed by atoms with Gasteiger partial charge in [-0.3, -0.25) is 4.79 Å². The molecule has 0 fully saturated rings. The van der Waals surface area contributed by atoms with Crippen molar-refractivity contribution in [3.05, 3.63) is 29.3 Å². The van der Waals surface area contributed by atoms with Gasteiger partial charge in [-0.05, 0) is 25.1 Å². The van der Waals surface area contributed by atoms with Crippen LogP contribution in [0.5, 0.6) is 0 Å². The van der Waals surface area contributed by atoms with Crippen molar-refractivity contribution in [2.24, 2.45) is 5.73 Å². The van der Waals surface area contributed by atoms with E-state index in [1.54, 1.807) is 6.92 Å². The molecule has 0 unspecified atom stereocenters. The van der Waals surface area contributed by atoms with Gasteiger partial charge in [-0.2, -0.15) is 13.2 Å². The van der Waals surface area contributed by atoms with Gasteiger partial charge >= 0.3 is 12.1 Å². The second-order valence-electron chi connectivity index (χ2n) is 4.02. The number of nitrogens with two attached hydrogens (primary N) is 1. The zero-order valence-electron chi connectivity index (χ0n) is 10.6. The van der Waals surface area contributed by atoms with Crippen molar-refractivity contribution < 1.29 is 27.9 Å². The number of carbonyl (C=O) groups is 2. The predicted molar refractivity (Wildman–Crippen MR) is 65.5 cm³/mol. The van der Waals surface area contributed by atoms with Crippen LogP contribution in [0, 0.1) is 0 Å². The monoisotopic (exact) mass is 290 g/mol. The van der Waals surface area contributed by atoms with Gasteiger partial charge < -0.3 is 15.7 Å². The molecule has 0 aliphatic carbocycles. The molecule has 0 aromatic heterocycles. The van der Waals surface area contributed by atoms with Crippen molar-refractivity contribution in [3.63, 3.8) is 0 Å². The highest BCUT2D eigenvalue weighted by molar-refractivity contribution is 5.95. The van der Waals surface area contributed by atoms with Crippen molar-refractivity contribution in [2.45, 2.75) is 13.1 Å². The molecule has 0 radical (unpaired) electrons. The molecule has 8 heteroatoms. The Morgan fingerprint density at radius 2 is 1.95 bits per heavy atom. The minimum absolute atomic E-state index is 0.0202. The maximum absolute atomic E-state index is 12.6. The Bertz CT molecular complexity index is 529. The van der Waals surface area contributed by atoms with Crippen LogP contribution in [0.3, 0.4) is 0 Å². The first-order valence-electron chi connectivity index (χ1n) is 5.64. The van der Waals surface area contributed by atoms with E-state index in [4.69, 9.17) is 10.8 Å². The number of rotatable bonds is 5. The van der Waals surface area contributed by atoms with E-state index in [-0.39, 0.29) is 18.8 Å². The van der Waals surface area contributed by atoms with E-state index in [1.165, 1.54) is 4.90 Å². The molecule has 20 heavy (non-hydrogen) atoms. The van der Waals surface area contributed by atoms with Crippen molar-refractivity contribution >= 4 is 17.6 Å². The Balaban J connectivity index is 3.32. The molecule has 0 aliphatic rings. The van der Waals surface area contributed by atoms with E-state index in [0.29, 0.717) is 6.07 Å². The molecule has 110 valence electrons. The van der Waals surface area contributed by atoms with E-state index < -0.39 is 29.2 Å². The molecule has 0 saturated carbocycles. The first-order valence-corrected chi connectivity index (χ1v) is 5.64. The molecule has 0 bridgehead atoms. The third-order valence-electron chi connectivity index (χ3n) is 2.62. The SMILES string of the molecule is CCN(CC(N)=O)c1ccc(C(F)(F)F)cc1C(=O)O. The van der Waals surface area contributed by atoms with Crippen LogP contribution < -0.4 is 10.6 Å². The zero-order chi connectivity index (χ0) is 15.5. The summed E-state index contributed by atoms with van der Waals surface area (Å²) in [5, 5.41) is 9.02. The lowest BCUT2D eigenvalue weighted by Gasteiger charge is -2.23. The second kappa shape index (κ2) is 5.81. The molecule has 0 heterocycles. The summed E-state index contributed by atoms with van der Waals surface area (Å²) in [6, 6.07) is 2.34. The van der Waals surface area contributed by atoms with E-state index in [0.717, 1.165) is 12.1 Å². The van der Waals surface area contributed by atoms with E-state index in [9.17, 15) is 22.8 Å². The lowest BCUT2D eigenvalue weighted by Crippen LogP contribution is -2.34. The summed E-state index contributed by atoms with van der Waals surface area (Å²) in [5.41, 5.74) is 3.46. The number of carboxylic acid groups (broad SMARTS) is 1. The molecular weight excluding hydrogens is 277 g/mol. The largest absolute Gasteiger partial charge is 0.478 e. The normalized spacial score (nSPS) is 11.2. The highest BCUT2D eigenvalue weighted by Gasteiger charge is 2.32. The smallest absolute Gasteiger partial charge is 0.416 e. The van der Waals surface area contributed by atoms with Crippen LogP contribution in [0.25, 0.3) is 0 Å². The van der Waals surface area contributed by atoms with Gasteiger partial charge in [-0.15, -0.1) is 0 Å². The van der Waals surface area contributed by atoms with E-state index in [2.05, 4.69) is 0 Å². The molecule has 3 N–H and O–H groups in total. The van der Waals surface area contributed by atoms with Crippen LogP contribution in [0.1, 0.15) is 22.8 Å². The quantitative estimate of drug-likeness (QED) is 0.864. The maximum Gasteiger partial charge on any atom is 0.416 e. The number of carboxylic acids is 1. The Hall–Kier alpha value is -2.25. The Labute approximate surface area is 112 Å². The second-order valence-corrected chi connectivity index (χ2v) is 4.02. The standard InChI is InChI=1S/C12H13F3N2O3/c1-2-17(6-10(16)18)9-4-3-7(12(13,14)15)5-8(9)11(19)20/h3-5H,2,6H2,1H3,(H2,16,18)(H,19,20). The molecule has 5 nitrogen and oxygen atoms in total. The fraction of sp³-hybridized carbons (Fsp3) is 0.333. The molecule has 0 saturated heterocycles. The highest BCUT2D eigenvalue weighted by atomic mass is 19.4. The van der Waals surface area contributed by atoms with Gasteiger partial charge in [0.1, 0.15) is 0 Å². The van der Waals surface area contributed by atoms with Gasteiger partial charge in [0, 0.05) is 6.54 Å². The van der Waals surface area contributed by atoms with Crippen LogP contribution in [-0.4, -0.2) is 30.1 Å². The van der Waals surface area contributed by atoms with Gasteiger partial charge in [0.05, 0.1) is 23.4 Å². The highest BCUT2D eigenvalue weighted by Crippen LogP contribution is 2.32. The van der Waals surface area contributed by atoms with Crippen molar-refractivity contribution in [2.75, 3.05) is 18.0 Å². The number of benzene rings is 1. The number of hydrogen-bond donors (Lipinski definition) is 2. The minimum atomic E-state index is -4.64. The molecular formula is C12H13F3N2O3. The van der Waals surface area contributed by atoms with Crippen LogP contribution in [0.15, 0.2) is 18.2 Å². The lowest BCUT2D eigenvalue weighted by atomic mass is 10.1. The summed E-state index contributed by atoms with van der Waals surface area (Å²) in [7, 11) is 0. The van der Waals surface area contributed by atoms with Crippen molar-refractivity contribution in [3.8, 4) is 0 Å². The Morgan fingerprint density at radius 3 is 2.35 bits per heavy atom. The Morgan fingerprint density at radius 1 is 1.35 bits per heavy atom. The van der Waals surface area contributed by atoms with E-state index >= 15 is 0 Å². The maximum atomic E-state index is 12.6. The number of hydrogen-bond acceptors (Lipinski definition) is 3. The van der Waals surface area contributed by atoms with Crippen LogP contribution in [0.4, 0.5) is 18.9 Å². The molecule has 1 aromatic rings. The fourth-order valence-corrected chi connectivity index (χ4v) is 1.71. The third kappa shape index (κ3) is 3.62. The topological polar surface area (TPSA) is 83.6 Å². The predicted octanol–water partition coefficient (Wildman–Crippen LogP) is 1.72. The summed E-state index contributed by atoms with van der Waals surface area (Å²) in [6.45, 7) is 1.59. The zero-order valence-corrected chi connectivity index (χ0v) is 10.6. The number of primary amides is 1. The number of amides is 1. The molecule has 1 aromatic carbocycles. The average molecular weight is 290 g/mol. The number of alkyl halides is 3. The van der Waals surface area contributed by atoms with Gasteiger partial charge in [0.15, 0.2) is 0 Å². The third-order valence-corrected chi connectivity index (χ3v) is 2.62. The summed E-state index contributed by atoms with van der Waals surface area (Å²) in [6.07, 6.45) is -4.64. The van der Waals surface area contributed by atoms with Crippen LogP contribution in [-0.2, 0) is 11.0 Å². The number of nitrogens with zero attached hydrogens (tertiary/aromatic N) is 1. The number of likely N-dealkylation sites (N-methyl/N-ethyl adjacent to an activating group) is 1. The van der Waals surface area contributed by atoms with Crippen LogP contribution >= 0.6 is 0 Å². The molecule has 1 rings (SSSR count). The first-order chi connectivity index (χ1) is 9.16. The summed E-state index contributed by atoms with van der Waals surface area (Å²) >= 11 is 0. The van der Waals surface area contributed by atoms with Crippen LogP contribution in [0.2, 0.25) is 0 Å². The van der Waals surface area contributed by atoms with Gasteiger partial charge in [-0.25, -0.2) is 4.79 Å². The average Bonchev–Trinajstić information content (AvgIpc) is 2.33. The Kier molecular flexibility index (Phi) is 4.59. The molecule has 0 atom stereocenters. The summed E-state index contributed by atoms with van der Waals surface area (Å²) in [4.78, 5) is 23.3. The van der Waals surface area contributed by atoms with Crippen molar-refractivity contribution in [1.82, 2.24) is 0 Å². The number of aromatic carboxylic acids is 1. The first kappa shape index (κ1) is 15.8. The van der Waals surface area contributed by atoms with Crippen molar-refractivity contribution in [1.29, 1.82) is 0 Å². The number of halogens is 3. The van der Waals surface area contributed by atoms with Gasteiger partial charge in [0.25, 0.3) is 0 Å². The molecule has 0 aliphatic heterocycles. The minimum Gasteiger partial charge on any atom is -0.478 e. The molecule has 0 spiro atoms.